The van der Waals surface area contributed by atoms with E-state index >= 15 is 0 Å². The number of aliphatic hydroxyl groups excluding tert-OH is 1. The highest BCUT2D eigenvalue weighted by molar-refractivity contribution is 6.05. The van der Waals surface area contributed by atoms with Gasteiger partial charge in [-0.25, -0.2) is 0 Å². The third-order valence-corrected chi connectivity index (χ3v) is 5.01. The molecule has 0 saturated carbocycles. The topological polar surface area (TPSA) is 37.3 Å². The molecule has 0 fully saturated rings. The second-order valence-corrected chi connectivity index (χ2v) is 6.78. The third-order valence-electron chi connectivity index (χ3n) is 5.01. The number of ketones is 1. The Balaban J connectivity index is 1.94. The highest BCUT2D eigenvalue weighted by atomic mass is 16.3. The Labute approximate surface area is 153 Å². The standard InChI is InChI=1S/C24H20O2/c1-15-7-9-18(10-8-15)22-20-5-3-4-6-21(20)24(26)23(22)19-13-11-17(12-14-19)16(2)25/h3-14,24,26H,1-2H3. The maximum absolute atomic E-state index is 11.6. The van der Waals surface area contributed by atoms with E-state index in [-0.39, 0.29) is 5.78 Å². The molecule has 128 valence electrons. The van der Waals surface area contributed by atoms with Gasteiger partial charge >= 0.3 is 0 Å². The Morgan fingerprint density at radius 1 is 0.846 bits per heavy atom. The van der Waals surface area contributed by atoms with Crippen LogP contribution in [-0.2, 0) is 0 Å². The van der Waals surface area contributed by atoms with E-state index < -0.39 is 6.10 Å². The fraction of sp³-hybridized carbons (Fsp3) is 0.125. The van der Waals surface area contributed by atoms with Crippen molar-refractivity contribution in [1.82, 2.24) is 0 Å². The van der Waals surface area contributed by atoms with Crippen molar-refractivity contribution in [2.45, 2.75) is 20.0 Å². The third kappa shape index (κ3) is 2.69. The number of benzene rings is 3. The molecule has 0 bridgehead atoms. The summed E-state index contributed by atoms with van der Waals surface area (Å²) in [5.41, 5.74) is 7.85. The molecule has 2 nitrogen and oxygen atoms in total. The molecular formula is C24H20O2. The quantitative estimate of drug-likeness (QED) is 0.665. The van der Waals surface area contributed by atoms with E-state index in [4.69, 9.17) is 0 Å². The van der Waals surface area contributed by atoms with Crippen LogP contribution in [0.25, 0.3) is 11.1 Å². The smallest absolute Gasteiger partial charge is 0.159 e. The molecule has 0 aromatic heterocycles. The number of carbonyl (C=O) groups excluding carboxylic acids is 1. The Morgan fingerprint density at radius 2 is 1.46 bits per heavy atom. The summed E-state index contributed by atoms with van der Waals surface area (Å²) in [7, 11) is 0. The minimum Gasteiger partial charge on any atom is -0.384 e. The summed E-state index contributed by atoms with van der Waals surface area (Å²) in [6.07, 6.45) is -0.675. The number of aryl methyl sites for hydroxylation is 1. The summed E-state index contributed by atoms with van der Waals surface area (Å²) in [5, 5.41) is 11.0. The number of aliphatic hydroxyl groups is 1. The summed E-state index contributed by atoms with van der Waals surface area (Å²) in [6, 6.07) is 23.9. The van der Waals surface area contributed by atoms with Gasteiger partial charge in [0.2, 0.25) is 0 Å². The first kappa shape index (κ1) is 16.5. The van der Waals surface area contributed by atoms with Crippen molar-refractivity contribution < 1.29 is 9.90 Å². The van der Waals surface area contributed by atoms with Crippen molar-refractivity contribution in [2.24, 2.45) is 0 Å². The van der Waals surface area contributed by atoms with E-state index in [1.807, 2.05) is 42.5 Å². The molecule has 0 amide bonds. The van der Waals surface area contributed by atoms with Crippen LogP contribution in [0.1, 0.15) is 51.2 Å². The van der Waals surface area contributed by atoms with Gasteiger partial charge < -0.3 is 5.11 Å². The number of Topliss-reactive ketones (excluding diaryl/α,β-unsaturated/α-hetero) is 1. The second kappa shape index (κ2) is 6.40. The van der Waals surface area contributed by atoms with Crippen LogP contribution in [0.4, 0.5) is 0 Å². The number of fused-ring (bicyclic) bond motifs is 1. The van der Waals surface area contributed by atoms with Gasteiger partial charge in [-0.3, -0.25) is 4.79 Å². The average Bonchev–Trinajstić information content (AvgIpc) is 2.95. The normalized spacial score (nSPS) is 15.9. The monoisotopic (exact) mass is 340 g/mol. The summed E-state index contributed by atoms with van der Waals surface area (Å²) in [4.78, 5) is 11.6. The van der Waals surface area contributed by atoms with Gasteiger partial charge in [-0.1, -0.05) is 78.4 Å². The SMILES string of the molecule is CC(=O)c1ccc(C2=C(c3ccc(C)cc3)c3ccccc3C2O)cc1. The van der Waals surface area contributed by atoms with Crippen molar-refractivity contribution in [2.75, 3.05) is 0 Å². The van der Waals surface area contributed by atoms with E-state index in [9.17, 15) is 9.90 Å². The van der Waals surface area contributed by atoms with Crippen LogP contribution in [0.3, 0.4) is 0 Å². The van der Waals surface area contributed by atoms with Gasteiger partial charge in [0.1, 0.15) is 6.10 Å². The molecule has 4 rings (SSSR count). The highest BCUT2D eigenvalue weighted by Gasteiger charge is 2.31. The predicted octanol–water partition coefficient (Wildman–Crippen LogP) is 5.20. The van der Waals surface area contributed by atoms with Crippen molar-refractivity contribution in [3.8, 4) is 0 Å². The molecule has 0 heterocycles. The first-order valence-corrected chi connectivity index (χ1v) is 8.76. The summed E-state index contributed by atoms with van der Waals surface area (Å²) >= 11 is 0. The number of hydrogen-bond acceptors (Lipinski definition) is 2. The molecule has 3 aromatic rings. The summed E-state index contributed by atoms with van der Waals surface area (Å²) in [6.45, 7) is 3.63. The van der Waals surface area contributed by atoms with Crippen molar-refractivity contribution >= 4 is 16.9 Å². The fourth-order valence-electron chi connectivity index (χ4n) is 3.62. The summed E-state index contributed by atoms with van der Waals surface area (Å²) in [5.74, 6) is 0.0412. The lowest BCUT2D eigenvalue weighted by Crippen LogP contribution is -1.98. The van der Waals surface area contributed by atoms with E-state index in [0.29, 0.717) is 5.56 Å². The molecule has 1 aliphatic rings. The zero-order valence-corrected chi connectivity index (χ0v) is 14.9. The van der Waals surface area contributed by atoms with Crippen LogP contribution in [0.2, 0.25) is 0 Å². The minimum absolute atomic E-state index is 0.0412. The minimum atomic E-state index is -0.675. The van der Waals surface area contributed by atoms with Crippen molar-refractivity contribution in [3.05, 3.63) is 106 Å². The van der Waals surface area contributed by atoms with Gasteiger partial charge in [-0.2, -0.15) is 0 Å². The van der Waals surface area contributed by atoms with E-state index in [1.54, 1.807) is 6.92 Å². The largest absolute Gasteiger partial charge is 0.384 e. The molecule has 1 atom stereocenters. The molecule has 26 heavy (non-hydrogen) atoms. The van der Waals surface area contributed by atoms with Gasteiger partial charge in [0, 0.05) is 11.1 Å². The maximum Gasteiger partial charge on any atom is 0.159 e. The summed E-state index contributed by atoms with van der Waals surface area (Å²) < 4.78 is 0. The molecule has 1 aliphatic carbocycles. The predicted molar refractivity (Wildman–Crippen MR) is 105 cm³/mol. The molecular weight excluding hydrogens is 320 g/mol. The Bertz CT molecular complexity index is 1010. The van der Waals surface area contributed by atoms with E-state index in [2.05, 4.69) is 37.3 Å². The number of hydrogen-bond donors (Lipinski definition) is 1. The first-order valence-electron chi connectivity index (χ1n) is 8.76. The fourth-order valence-corrected chi connectivity index (χ4v) is 3.62. The van der Waals surface area contributed by atoms with Crippen molar-refractivity contribution in [1.29, 1.82) is 0 Å². The molecule has 0 spiro atoms. The van der Waals surface area contributed by atoms with Crippen molar-refractivity contribution in [3.63, 3.8) is 0 Å². The highest BCUT2D eigenvalue weighted by Crippen LogP contribution is 2.48. The first-order chi connectivity index (χ1) is 12.6. The van der Waals surface area contributed by atoms with Gasteiger partial charge in [0.25, 0.3) is 0 Å². The van der Waals surface area contributed by atoms with Crippen LogP contribution in [0.15, 0.2) is 72.8 Å². The van der Waals surface area contributed by atoms with Gasteiger partial charge in [-0.15, -0.1) is 0 Å². The molecule has 1 unspecified atom stereocenters. The lowest BCUT2D eigenvalue weighted by molar-refractivity contribution is 0.101. The Morgan fingerprint density at radius 3 is 2.12 bits per heavy atom. The molecule has 0 radical (unpaired) electrons. The zero-order valence-electron chi connectivity index (χ0n) is 14.9. The van der Waals surface area contributed by atoms with Crippen LogP contribution in [0.5, 0.6) is 0 Å². The number of rotatable bonds is 3. The molecule has 1 N–H and O–H groups in total. The van der Waals surface area contributed by atoms with Crippen LogP contribution in [0, 0.1) is 6.92 Å². The second-order valence-electron chi connectivity index (χ2n) is 6.78. The number of carbonyl (C=O) groups is 1. The van der Waals surface area contributed by atoms with Gasteiger partial charge in [0.15, 0.2) is 5.78 Å². The van der Waals surface area contributed by atoms with E-state index in [0.717, 1.165) is 33.4 Å². The van der Waals surface area contributed by atoms with Gasteiger partial charge in [-0.05, 0) is 41.7 Å². The molecule has 0 aliphatic heterocycles. The Kier molecular flexibility index (Phi) is 4.06. The van der Waals surface area contributed by atoms with Crippen LogP contribution >= 0.6 is 0 Å². The maximum atomic E-state index is 11.6. The lowest BCUT2D eigenvalue weighted by Gasteiger charge is -2.13. The average molecular weight is 340 g/mol. The van der Waals surface area contributed by atoms with Gasteiger partial charge in [0.05, 0.1) is 0 Å². The van der Waals surface area contributed by atoms with E-state index in [1.165, 1.54) is 5.56 Å². The Hall–Kier alpha value is -2.97. The molecule has 2 heteroatoms. The lowest BCUT2D eigenvalue weighted by atomic mass is 9.93. The zero-order chi connectivity index (χ0) is 18.3. The van der Waals surface area contributed by atoms with Crippen LogP contribution < -0.4 is 0 Å². The van der Waals surface area contributed by atoms with Crippen LogP contribution in [-0.4, -0.2) is 10.9 Å². The molecule has 0 saturated heterocycles. The molecule has 3 aromatic carbocycles.